The summed E-state index contributed by atoms with van der Waals surface area (Å²) in [7, 11) is 1.75. The Morgan fingerprint density at radius 3 is 2.59 bits per heavy atom. The van der Waals surface area contributed by atoms with E-state index in [1.165, 1.54) is 0 Å². The lowest BCUT2D eigenvalue weighted by Crippen LogP contribution is -2.27. The zero-order valence-electron chi connectivity index (χ0n) is 13.5. The summed E-state index contributed by atoms with van der Waals surface area (Å²) < 4.78 is 0. The SMILES string of the molecule is CCC(C)Nc1cc(C(=O)N(C)c2ccccc2)nc(C)n1. The highest BCUT2D eigenvalue weighted by Crippen LogP contribution is 2.16. The molecule has 0 aliphatic carbocycles. The van der Waals surface area contributed by atoms with Gasteiger partial charge in [0, 0.05) is 24.8 Å². The number of para-hydroxylation sites is 1. The van der Waals surface area contributed by atoms with Crippen LogP contribution in [0.5, 0.6) is 0 Å². The third kappa shape index (κ3) is 3.81. The molecule has 0 saturated carbocycles. The molecule has 2 rings (SSSR count). The third-order valence-electron chi connectivity index (χ3n) is 3.51. The van der Waals surface area contributed by atoms with Crippen LogP contribution in [0.25, 0.3) is 0 Å². The molecule has 0 bridgehead atoms. The predicted molar refractivity (Wildman–Crippen MR) is 89.3 cm³/mol. The first kappa shape index (κ1) is 15.9. The number of rotatable bonds is 5. The Kier molecular flexibility index (Phi) is 5.09. The predicted octanol–water partition coefficient (Wildman–Crippen LogP) is 3.27. The van der Waals surface area contributed by atoms with Gasteiger partial charge < -0.3 is 10.2 Å². The minimum Gasteiger partial charge on any atom is -0.368 e. The summed E-state index contributed by atoms with van der Waals surface area (Å²) in [6.45, 7) is 5.97. The van der Waals surface area contributed by atoms with Crippen molar-refractivity contribution in [3.63, 3.8) is 0 Å². The summed E-state index contributed by atoms with van der Waals surface area (Å²) in [5.74, 6) is 1.12. The van der Waals surface area contributed by atoms with Gasteiger partial charge in [-0.3, -0.25) is 4.79 Å². The number of amides is 1. The van der Waals surface area contributed by atoms with Crippen LogP contribution in [0.15, 0.2) is 36.4 Å². The molecule has 0 aliphatic rings. The number of carbonyl (C=O) groups is 1. The molecule has 1 aromatic heterocycles. The second kappa shape index (κ2) is 7.02. The highest BCUT2D eigenvalue weighted by molar-refractivity contribution is 6.04. The van der Waals surface area contributed by atoms with Crippen molar-refractivity contribution in [2.45, 2.75) is 33.2 Å². The van der Waals surface area contributed by atoms with Crippen LogP contribution in [0.3, 0.4) is 0 Å². The van der Waals surface area contributed by atoms with Gasteiger partial charge in [0.2, 0.25) is 0 Å². The van der Waals surface area contributed by atoms with Gasteiger partial charge in [0.15, 0.2) is 0 Å². The van der Waals surface area contributed by atoms with E-state index in [1.54, 1.807) is 24.9 Å². The van der Waals surface area contributed by atoms with Crippen molar-refractivity contribution in [2.75, 3.05) is 17.3 Å². The Labute approximate surface area is 131 Å². The van der Waals surface area contributed by atoms with Gasteiger partial charge in [-0.2, -0.15) is 0 Å². The van der Waals surface area contributed by atoms with Crippen molar-refractivity contribution < 1.29 is 4.79 Å². The Morgan fingerprint density at radius 2 is 1.95 bits per heavy atom. The molecule has 1 amide bonds. The monoisotopic (exact) mass is 298 g/mol. The fourth-order valence-corrected chi connectivity index (χ4v) is 2.05. The van der Waals surface area contributed by atoms with E-state index in [4.69, 9.17) is 0 Å². The first-order valence-electron chi connectivity index (χ1n) is 7.46. The zero-order chi connectivity index (χ0) is 16.1. The van der Waals surface area contributed by atoms with Crippen LogP contribution in [0.4, 0.5) is 11.5 Å². The molecule has 0 saturated heterocycles. The van der Waals surface area contributed by atoms with Crippen molar-refractivity contribution in [3.05, 3.63) is 47.9 Å². The highest BCUT2D eigenvalue weighted by atomic mass is 16.2. The summed E-state index contributed by atoms with van der Waals surface area (Å²) in [6.07, 6.45) is 0.982. The largest absolute Gasteiger partial charge is 0.368 e. The van der Waals surface area contributed by atoms with Crippen LogP contribution in [0.1, 0.15) is 36.6 Å². The number of hydrogen-bond acceptors (Lipinski definition) is 4. The van der Waals surface area contributed by atoms with Crippen LogP contribution >= 0.6 is 0 Å². The fourth-order valence-electron chi connectivity index (χ4n) is 2.05. The molecule has 2 aromatic rings. The molecule has 0 spiro atoms. The van der Waals surface area contributed by atoms with Crippen molar-refractivity contribution >= 4 is 17.4 Å². The summed E-state index contributed by atoms with van der Waals surface area (Å²) in [5.41, 5.74) is 1.23. The van der Waals surface area contributed by atoms with Crippen LogP contribution in [0, 0.1) is 6.92 Å². The average Bonchev–Trinajstić information content (AvgIpc) is 2.53. The Bertz CT molecular complexity index is 642. The maximum atomic E-state index is 12.6. The minimum absolute atomic E-state index is 0.149. The number of anilines is 2. The number of benzene rings is 1. The lowest BCUT2D eigenvalue weighted by atomic mass is 10.2. The van der Waals surface area contributed by atoms with Crippen molar-refractivity contribution in [3.8, 4) is 0 Å². The number of hydrogen-bond donors (Lipinski definition) is 1. The average molecular weight is 298 g/mol. The molecular weight excluding hydrogens is 276 g/mol. The minimum atomic E-state index is -0.149. The van der Waals surface area contributed by atoms with Crippen LogP contribution in [-0.4, -0.2) is 29.0 Å². The Balaban J connectivity index is 2.26. The Morgan fingerprint density at radius 1 is 1.27 bits per heavy atom. The van der Waals surface area contributed by atoms with E-state index >= 15 is 0 Å². The summed E-state index contributed by atoms with van der Waals surface area (Å²) in [6, 6.07) is 11.5. The number of nitrogens with one attached hydrogen (secondary N) is 1. The third-order valence-corrected chi connectivity index (χ3v) is 3.51. The second-order valence-corrected chi connectivity index (χ2v) is 5.34. The highest BCUT2D eigenvalue weighted by Gasteiger charge is 2.16. The van der Waals surface area contributed by atoms with E-state index < -0.39 is 0 Å². The van der Waals surface area contributed by atoms with Gasteiger partial charge in [-0.25, -0.2) is 9.97 Å². The van der Waals surface area contributed by atoms with E-state index in [9.17, 15) is 4.79 Å². The van der Waals surface area contributed by atoms with Crippen LogP contribution in [-0.2, 0) is 0 Å². The molecule has 1 N–H and O–H groups in total. The normalized spacial score (nSPS) is 11.8. The smallest absolute Gasteiger partial charge is 0.276 e. The molecule has 22 heavy (non-hydrogen) atoms. The van der Waals surface area contributed by atoms with Gasteiger partial charge in [-0.05, 0) is 32.4 Å². The van der Waals surface area contributed by atoms with E-state index in [0.29, 0.717) is 23.4 Å². The molecule has 1 heterocycles. The van der Waals surface area contributed by atoms with Gasteiger partial charge in [0.25, 0.3) is 5.91 Å². The topological polar surface area (TPSA) is 58.1 Å². The summed E-state index contributed by atoms with van der Waals surface area (Å²) >= 11 is 0. The lowest BCUT2D eigenvalue weighted by Gasteiger charge is -2.18. The molecule has 0 fully saturated rings. The molecule has 5 heteroatoms. The molecule has 116 valence electrons. The van der Waals surface area contributed by atoms with Gasteiger partial charge in [0.05, 0.1) is 0 Å². The molecule has 1 atom stereocenters. The van der Waals surface area contributed by atoms with Crippen molar-refractivity contribution in [1.29, 1.82) is 0 Å². The van der Waals surface area contributed by atoms with Crippen molar-refractivity contribution in [1.82, 2.24) is 9.97 Å². The van der Waals surface area contributed by atoms with Gasteiger partial charge in [0.1, 0.15) is 17.3 Å². The van der Waals surface area contributed by atoms with Crippen molar-refractivity contribution in [2.24, 2.45) is 0 Å². The van der Waals surface area contributed by atoms with E-state index in [1.807, 2.05) is 30.3 Å². The fraction of sp³-hybridized carbons (Fsp3) is 0.353. The number of carbonyl (C=O) groups excluding carboxylic acids is 1. The van der Waals surface area contributed by atoms with E-state index in [-0.39, 0.29) is 5.91 Å². The second-order valence-electron chi connectivity index (χ2n) is 5.34. The summed E-state index contributed by atoms with van der Waals surface area (Å²) in [5, 5.41) is 3.28. The first-order valence-corrected chi connectivity index (χ1v) is 7.46. The number of nitrogens with zero attached hydrogens (tertiary/aromatic N) is 3. The first-order chi connectivity index (χ1) is 10.5. The molecule has 0 radical (unpaired) electrons. The van der Waals surface area contributed by atoms with E-state index in [2.05, 4.69) is 29.1 Å². The van der Waals surface area contributed by atoms with Gasteiger partial charge >= 0.3 is 0 Å². The molecule has 5 nitrogen and oxygen atoms in total. The Hall–Kier alpha value is -2.43. The number of aromatic nitrogens is 2. The van der Waals surface area contributed by atoms with Crippen LogP contribution < -0.4 is 10.2 Å². The van der Waals surface area contributed by atoms with Gasteiger partial charge in [-0.1, -0.05) is 25.1 Å². The molecular formula is C17H22N4O. The quantitative estimate of drug-likeness (QED) is 0.920. The van der Waals surface area contributed by atoms with Crippen LogP contribution in [0.2, 0.25) is 0 Å². The molecule has 0 aliphatic heterocycles. The van der Waals surface area contributed by atoms with E-state index in [0.717, 1.165) is 12.1 Å². The standard InChI is InChI=1S/C17H22N4O/c1-5-12(2)18-16-11-15(19-13(3)20-16)17(22)21(4)14-9-7-6-8-10-14/h6-12H,5H2,1-4H3,(H,18,19,20). The number of aryl methyl sites for hydroxylation is 1. The lowest BCUT2D eigenvalue weighted by molar-refractivity contribution is 0.0988. The maximum Gasteiger partial charge on any atom is 0.276 e. The summed E-state index contributed by atoms with van der Waals surface area (Å²) in [4.78, 5) is 22.8. The molecule has 1 unspecified atom stereocenters. The molecule has 1 aromatic carbocycles. The zero-order valence-corrected chi connectivity index (χ0v) is 13.5. The maximum absolute atomic E-state index is 12.6. The van der Waals surface area contributed by atoms with Gasteiger partial charge in [-0.15, -0.1) is 0 Å².